The lowest BCUT2D eigenvalue weighted by Crippen LogP contribution is -2.42. The van der Waals surface area contributed by atoms with Gasteiger partial charge in [0.1, 0.15) is 5.82 Å². The molecule has 1 aromatic rings. The lowest BCUT2D eigenvalue weighted by atomic mass is 10.1. The van der Waals surface area contributed by atoms with Gasteiger partial charge in [0, 0.05) is 46.0 Å². The fourth-order valence-corrected chi connectivity index (χ4v) is 3.18. The zero-order valence-corrected chi connectivity index (χ0v) is 18.8. The average molecular weight is 474 g/mol. The summed E-state index contributed by atoms with van der Waals surface area (Å²) in [6, 6.07) is 4.23. The van der Waals surface area contributed by atoms with Gasteiger partial charge < -0.3 is 20.4 Å². The van der Waals surface area contributed by atoms with Crippen molar-refractivity contribution in [2.75, 3.05) is 51.2 Å². The molecule has 1 aliphatic rings. The molecule has 2 N–H and O–H groups in total. The molecule has 1 fully saturated rings. The quantitative estimate of drug-likeness (QED) is 0.345. The maximum absolute atomic E-state index is 4.57. The van der Waals surface area contributed by atoms with Gasteiger partial charge in [0.05, 0.1) is 0 Å². The van der Waals surface area contributed by atoms with Crippen molar-refractivity contribution in [3.8, 4) is 0 Å². The number of guanidine groups is 1. The third kappa shape index (κ3) is 7.65. The van der Waals surface area contributed by atoms with Crippen molar-refractivity contribution < 1.29 is 0 Å². The van der Waals surface area contributed by atoms with E-state index in [4.69, 9.17) is 0 Å². The summed E-state index contributed by atoms with van der Waals surface area (Å²) >= 11 is 0. The molecule has 0 aromatic carbocycles. The molecule has 1 aromatic heterocycles. The zero-order chi connectivity index (χ0) is 17.9. The summed E-state index contributed by atoms with van der Waals surface area (Å²) in [5, 5.41) is 6.77. The monoisotopic (exact) mass is 474 g/mol. The Hall–Kier alpha value is -1.09. The molecule has 1 saturated heterocycles. The zero-order valence-electron chi connectivity index (χ0n) is 16.5. The van der Waals surface area contributed by atoms with Crippen LogP contribution in [0.2, 0.25) is 0 Å². The standard InChI is InChI=1S/C19H34N6.HI/c1-4-25(5-2)18-10-9-17(15-22-18)16-23-19(20-3)21-11-14-24-12-7-6-8-13-24;/h9-10,15H,4-8,11-14,16H2,1-3H3,(H2,20,21,23);1H. The number of nitrogens with zero attached hydrogens (tertiary/aromatic N) is 4. The summed E-state index contributed by atoms with van der Waals surface area (Å²) in [4.78, 5) is 13.6. The minimum atomic E-state index is 0. The fraction of sp³-hybridized carbons (Fsp3) is 0.684. The van der Waals surface area contributed by atoms with Gasteiger partial charge in [0.15, 0.2) is 5.96 Å². The average Bonchev–Trinajstić information content (AvgIpc) is 2.67. The Morgan fingerprint density at radius 2 is 1.88 bits per heavy atom. The molecule has 0 aliphatic carbocycles. The van der Waals surface area contributed by atoms with Gasteiger partial charge in [-0.05, 0) is 51.4 Å². The number of piperidine rings is 1. The van der Waals surface area contributed by atoms with Gasteiger partial charge in [0.2, 0.25) is 0 Å². The van der Waals surface area contributed by atoms with Crippen molar-refractivity contribution >= 4 is 35.8 Å². The van der Waals surface area contributed by atoms with E-state index < -0.39 is 0 Å². The molecule has 0 atom stereocenters. The predicted octanol–water partition coefficient (Wildman–Crippen LogP) is 2.70. The van der Waals surface area contributed by atoms with Crippen LogP contribution >= 0.6 is 24.0 Å². The number of anilines is 1. The van der Waals surface area contributed by atoms with E-state index in [-0.39, 0.29) is 24.0 Å². The van der Waals surface area contributed by atoms with E-state index in [1.807, 2.05) is 13.2 Å². The summed E-state index contributed by atoms with van der Waals surface area (Å²) in [7, 11) is 1.82. The number of aromatic nitrogens is 1. The molecule has 0 radical (unpaired) electrons. The normalized spacial score (nSPS) is 15.3. The van der Waals surface area contributed by atoms with Crippen LogP contribution in [0.1, 0.15) is 38.7 Å². The van der Waals surface area contributed by atoms with E-state index in [0.717, 1.165) is 50.1 Å². The highest BCUT2D eigenvalue weighted by atomic mass is 127. The second-order valence-corrected chi connectivity index (χ2v) is 6.45. The second-order valence-electron chi connectivity index (χ2n) is 6.45. The first-order valence-corrected chi connectivity index (χ1v) is 9.63. The van der Waals surface area contributed by atoms with Crippen molar-refractivity contribution in [3.05, 3.63) is 23.9 Å². The highest BCUT2D eigenvalue weighted by Gasteiger charge is 2.09. The number of hydrogen-bond donors (Lipinski definition) is 2. The van der Waals surface area contributed by atoms with Crippen LogP contribution in [0.5, 0.6) is 0 Å². The number of rotatable bonds is 8. The molecular formula is C19H35IN6. The molecule has 0 amide bonds. The number of hydrogen-bond acceptors (Lipinski definition) is 4. The number of halogens is 1. The fourth-order valence-electron chi connectivity index (χ4n) is 3.18. The second kappa shape index (κ2) is 13.1. The third-order valence-corrected chi connectivity index (χ3v) is 4.75. The predicted molar refractivity (Wildman–Crippen MR) is 122 cm³/mol. The summed E-state index contributed by atoms with van der Waals surface area (Å²) in [6.45, 7) is 11.5. The van der Waals surface area contributed by atoms with Gasteiger partial charge in [-0.2, -0.15) is 0 Å². The van der Waals surface area contributed by atoms with Crippen molar-refractivity contribution in [2.45, 2.75) is 39.7 Å². The summed E-state index contributed by atoms with van der Waals surface area (Å²) in [6.07, 6.45) is 6.00. The molecule has 7 heteroatoms. The molecule has 0 bridgehead atoms. The van der Waals surface area contributed by atoms with E-state index >= 15 is 0 Å². The Morgan fingerprint density at radius 1 is 1.15 bits per heavy atom. The van der Waals surface area contributed by atoms with Crippen LogP contribution in [0.25, 0.3) is 0 Å². The van der Waals surface area contributed by atoms with Gasteiger partial charge in [-0.1, -0.05) is 12.5 Å². The molecule has 2 heterocycles. The number of nitrogens with one attached hydrogen (secondary N) is 2. The van der Waals surface area contributed by atoms with Crippen molar-refractivity contribution in [1.82, 2.24) is 20.5 Å². The highest BCUT2D eigenvalue weighted by molar-refractivity contribution is 14.0. The van der Waals surface area contributed by atoms with Crippen LogP contribution in [0.15, 0.2) is 23.3 Å². The van der Waals surface area contributed by atoms with Gasteiger partial charge in [-0.15, -0.1) is 24.0 Å². The van der Waals surface area contributed by atoms with Crippen LogP contribution in [0.4, 0.5) is 5.82 Å². The molecule has 2 rings (SSSR count). The van der Waals surface area contributed by atoms with Crippen molar-refractivity contribution in [1.29, 1.82) is 0 Å². The molecule has 0 saturated carbocycles. The lowest BCUT2D eigenvalue weighted by Gasteiger charge is -2.26. The number of pyridine rings is 1. The Kier molecular flexibility index (Phi) is 11.6. The van der Waals surface area contributed by atoms with E-state index in [1.54, 1.807) is 0 Å². The van der Waals surface area contributed by atoms with Crippen LogP contribution in [-0.4, -0.2) is 62.2 Å². The van der Waals surface area contributed by atoms with Gasteiger partial charge >= 0.3 is 0 Å². The molecule has 26 heavy (non-hydrogen) atoms. The van der Waals surface area contributed by atoms with E-state index in [0.29, 0.717) is 0 Å². The molecule has 1 aliphatic heterocycles. The molecule has 0 unspecified atom stereocenters. The van der Waals surface area contributed by atoms with Crippen molar-refractivity contribution in [3.63, 3.8) is 0 Å². The molecule has 148 valence electrons. The van der Waals surface area contributed by atoms with Crippen LogP contribution in [0, 0.1) is 0 Å². The molecule has 0 spiro atoms. The Morgan fingerprint density at radius 3 is 2.46 bits per heavy atom. The largest absolute Gasteiger partial charge is 0.357 e. The van der Waals surface area contributed by atoms with Crippen LogP contribution < -0.4 is 15.5 Å². The Labute approximate surface area is 175 Å². The maximum atomic E-state index is 4.57. The van der Waals surface area contributed by atoms with E-state index in [1.165, 1.54) is 32.4 Å². The minimum Gasteiger partial charge on any atom is -0.357 e. The van der Waals surface area contributed by atoms with E-state index in [2.05, 4.69) is 56.4 Å². The van der Waals surface area contributed by atoms with Gasteiger partial charge in [-0.25, -0.2) is 4.98 Å². The summed E-state index contributed by atoms with van der Waals surface area (Å²) in [5.41, 5.74) is 1.16. The summed E-state index contributed by atoms with van der Waals surface area (Å²) < 4.78 is 0. The SMILES string of the molecule is CCN(CC)c1ccc(CNC(=NC)NCCN2CCCCC2)cn1.I. The van der Waals surface area contributed by atoms with Crippen LogP contribution in [0.3, 0.4) is 0 Å². The molecule has 6 nitrogen and oxygen atoms in total. The highest BCUT2D eigenvalue weighted by Crippen LogP contribution is 2.10. The Balaban J connectivity index is 0.00000338. The number of likely N-dealkylation sites (tertiary alicyclic amines) is 1. The maximum Gasteiger partial charge on any atom is 0.191 e. The first-order chi connectivity index (χ1) is 12.3. The van der Waals surface area contributed by atoms with Crippen molar-refractivity contribution in [2.24, 2.45) is 4.99 Å². The third-order valence-electron chi connectivity index (χ3n) is 4.75. The Bertz CT molecular complexity index is 509. The van der Waals surface area contributed by atoms with Gasteiger partial charge in [-0.3, -0.25) is 4.99 Å². The van der Waals surface area contributed by atoms with Gasteiger partial charge in [0.25, 0.3) is 0 Å². The van der Waals surface area contributed by atoms with Crippen LogP contribution in [-0.2, 0) is 6.54 Å². The smallest absolute Gasteiger partial charge is 0.191 e. The minimum absolute atomic E-state index is 0. The van der Waals surface area contributed by atoms with E-state index in [9.17, 15) is 0 Å². The first kappa shape index (κ1) is 23.0. The topological polar surface area (TPSA) is 55.8 Å². The summed E-state index contributed by atoms with van der Waals surface area (Å²) in [5.74, 6) is 1.89. The lowest BCUT2D eigenvalue weighted by molar-refractivity contribution is 0.232. The first-order valence-electron chi connectivity index (χ1n) is 9.63. The number of aliphatic imine (C=N–C) groups is 1. The molecular weight excluding hydrogens is 439 g/mol.